The fourth-order valence-corrected chi connectivity index (χ4v) is 2.72. The Hall–Kier alpha value is -1.71. The summed E-state index contributed by atoms with van der Waals surface area (Å²) in [7, 11) is -5.07. The molecule has 1 unspecified atom stereocenters. The van der Waals surface area contributed by atoms with Gasteiger partial charge in [0.25, 0.3) is 0 Å². The van der Waals surface area contributed by atoms with Crippen molar-refractivity contribution in [3.8, 4) is 0 Å². The molecular weight excluding hydrogens is 383 g/mol. The summed E-state index contributed by atoms with van der Waals surface area (Å²) in [6, 6.07) is 17.2. The van der Waals surface area contributed by atoms with Gasteiger partial charge in [-0.3, -0.25) is 9.59 Å². The summed E-state index contributed by atoms with van der Waals surface area (Å²) >= 11 is 0. The third kappa shape index (κ3) is 8.23. The van der Waals surface area contributed by atoms with Gasteiger partial charge in [0.15, 0.2) is 5.25 Å². The van der Waals surface area contributed by atoms with E-state index in [2.05, 4.69) is 0 Å². The number of hydrogen-bond acceptors (Lipinski definition) is 7. The second-order valence-electron chi connectivity index (χ2n) is 5.43. The van der Waals surface area contributed by atoms with Gasteiger partial charge in [-0.25, -0.2) is 8.42 Å². The number of benzene rings is 2. The van der Waals surface area contributed by atoms with Gasteiger partial charge in [0, 0.05) is 0 Å². The number of ether oxygens (including phenoxy) is 2. The molecule has 0 fully saturated rings. The van der Waals surface area contributed by atoms with Crippen molar-refractivity contribution in [2.75, 3.05) is 0 Å². The maximum Gasteiger partial charge on any atom is 1.00 e. The van der Waals surface area contributed by atoms with Gasteiger partial charge < -0.3 is 14.0 Å². The SMILES string of the molecule is O=C(CC(C(=O)OCc1ccccc1)S(=O)(=O)[O-])OCc1ccccc1.[Na+]. The molecule has 0 bridgehead atoms. The smallest absolute Gasteiger partial charge is 0.747 e. The van der Waals surface area contributed by atoms with Crippen molar-refractivity contribution >= 4 is 22.1 Å². The van der Waals surface area contributed by atoms with Gasteiger partial charge in [0.2, 0.25) is 0 Å². The minimum atomic E-state index is -5.07. The first-order valence-corrected chi connectivity index (χ1v) is 9.18. The van der Waals surface area contributed by atoms with Crippen LogP contribution in [0, 0.1) is 0 Å². The van der Waals surface area contributed by atoms with Crippen LogP contribution >= 0.6 is 0 Å². The average molecular weight is 400 g/mol. The first kappa shape index (κ1) is 23.3. The third-order valence-electron chi connectivity index (χ3n) is 3.43. The van der Waals surface area contributed by atoms with Crippen LogP contribution in [0.3, 0.4) is 0 Å². The fourth-order valence-electron chi connectivity index (χ4n) is 2.07. The summed E-state index contributed by atoms with van der Waals surface area (Å²) in [5.74, 6) is -2.25. The topological polar surface area (TPSA) is 110 Å². The third-order valence-corrected chi connectivity index (χ3v) is 4.49. The summed E-state index contributed by atoms with van der Waals surface area (Å²) in [6.45, 7) is -0.297. The zero-order chi connectivity index (χ0) is 19.0. The maximum atomic E-state index is 12.0. The van der Waals surface area contributed by atoms with Crippen molar-refractivity contribution in [3.63, 3.8) is 0 Å². The molecule has 0 aromatic heterocycles. The molecule has 0 aliphatic carbocycles. The number of carbonyl (C=O) groups is 2. The van der Waals surface area contributed by atoms with Gasteiger partial charge in [-0.1, -0.05) is 60.7 Å². The molecule has 0 N–H and O–H groups in total. The Morgan fingerprint density at radius 2 is 1.30 bits per heavy atom. The minimum absolute atomic E-state index is 0. The summed E-state index contributed by atoms with van der Waals surface area (Å²) < 4.78 is 43.8. The molecule has 0 heterocycles. The molecule has 0 amide bonds. The molecular formula is C18H17NaO7S. The Morgan fingerprint density at radius 1 is 0.852 bits per heavy atom. The Bertz CT molecular complexity index is 839. The van der Waals surface area contributed by atoms with Crippen LogP contribution in [-0.2, 0) is 42.4 Å². The van der Waals surface area contributed by atoms with Crippen molar-refractivity contribution < 1.29 is 61.6 Å². The second-order valence-corrected chi connectivity index (χ2v) is 6.98. The quantitative estimate of drug-likeness (QED) is 0.310. The molecule has 0 spiro atoms. The van der Waals surface area contributed by atoms with Gasteiger partial charge >= 0.3 is 41.5 Å². The largest absolute Gasteiger partial charge is 1.00 e. The Labute approximate surface area is 179 Å². The zero-order valence-electron chi connectivity index (χ0n) is 14.7. The van der Waals surface area contributed by atoms with Crippen molar-refractivity contribution in [2.45, 2.75) is 24.9 Å². The van der Waals surface area contributed by atoms with E-state index in [1.807, 2.05) is 0 Å². The van der Waals surface area contributed by atoms with Gasteiger partial charge in [-0.15, -0.1) is 0 Å². The molecule has 138 valence electrons. The van der Waals surface area contributed by atoms with E-state index in [9.17, 15) is 22.6 Å². The molecule has 1 atom stereocenters. The van der Waals surface area contributed by atoms with E-state index in [1.165, 1.54) is 0 Å². The summed E-state index contributed by atoms with van der Waals surface area (Å²) in [5, 5.41) is -2.14. The van der Waals surface area contributed by atoms with E-state index in [0.29, 0.717) is 11.1 Å². The second kappa shape index (κ2) is 11.2. The van der Waals surface area contributed by atoms with Crippen LogP contribution in [0.1, 0.15) is 17.5 Å². The monoisotopic (exact) mass is 400 g/mol. The van der Waals surface area contributed by atoms with E-state index in [1.54, 1.807) is 60.7 Å². The van der Waals surface area contributed by atoms with Crippen LogP contribution in [0.2, 0.25) is 0 Å². The van der Waals surface area contributed by atoms with Crippen LogP contribution < -0.4 is 29.6 Å². The van der Waals surface area contributed by atoms with Crippen LogP contribution in [0.25, 0.3) is 0 Å². The number of esters is 2. The number of hydrogen-bond donors (Lipinski definition) is 0. The first-order valence-electron chi connectivity index (χ1n) is 7.71. The van der Waals surface area contributed by atoms with Crippen molar-refractivity contribution in [1.82, 2.24) is 0 Å². The summed E-state index contributed by atoms with van der Waals surface area (Å²) in [4.78, 5) is 23.8. The molecule has 27 heavy (non-hydrogen) atoms. The van der Waals surface area contributed by atoms with Crippen LogP contribution in [0.4, 0.5) is 0 Å². The molecule has 2 rings (SSSR count). The predicted octanol–water partition coefficient (Wildman–Crippen LogP) is -1.22. The predicted molar refractivity (Wildman–Crippen MR) is 90.6 cm³/mol. The van der Waals surface area contributed by atoms with Crippen LogP contribution in [-0.4, -0.2) is 30.2 Å². The molecule has 0 aliphatic heterocycles. The average Bonchev–Trinajstić information content (AvgIpc) is 2.63. The van der Waals surface area contributed by atoms with Gasteiger partial charge in [0.1, 0.15) is 23.3 Å². The van der Waals surface area contributed by atoms with E-state index in [0.717, 1.165) is 0 Å². The Morgan fingerprint density at radius 3 is 1.74 bits per heavy atom. The number of rotatable bonds is 8. The molecule has 9 heteroatoms. The zero-order valence-corrected chi connectivity index (χ0v) is 17.6. The van der Waals surface area contributed by atoms with E-state index < -0.39 is 33.7 Å². The maximum absolute atomic E-state index is 12.0. The molecule has 0 radical (unpaired) electrons. The Balaban J connectivity index is 0.00000364. The van der Waals surface area contributed by atoms with Crippen LogP contribution in [0.5, 0.6) is 0 Å². The van der Waals surface area contributed by atoms with E-state index >= 15 is 0 Å². The molecule has 0 aliphatic rings. The van der Waals surface area contributed by atoms with E-state index in [4.69, 9.17) is 9.47 Å². The standard InChI is InChI=1S/C18H18O7S.Na/c19-17(24-12-14-7-3-1-4-8-14)11-16(26(21,22)23)18(20)25-13-15-9-5-2-6-10-15;/h1-10,16H,11-13H2,(H,21,22,23);/q;+1/p-1. The first-order chi connectivity index (χ1) is 12.4. The van der Waals surface area contributed by atoms with Crippen LogP contribution in [0.15, 0.2) is 60.7 Å². The summed E-state index contributed by atoms with van der Waals surface area (Å²) in [6.07, 6.45) is -0.897. The van der Waals surface area contributed by atoms with Crippen molar-refractivity contribution in [3.05, 3.63) is 71.8 Å². The molecule has 0 saturated carbocycles. The molecule has 0 saturated heterocycles. The van der Waals surface area contributed by atoms with Gasteiger partial charge in [-0.2, -0.15) is 0 Å². The van der Waals surface area contributed by atoms with Crippen molar-refractivity contribution in [2.24, 2.45) is 0 Å². The normalized spacial score (nSPS) is 11.7. The molecule has 7 nitrogen and oxygen atoms in total. The van der Waals surface area contributed by atoms with Gasteiger partial charge in [-0.05, 0) is 11.1 Å². The minimum Gasteiger partial charge on any atom is -0.747 e. The Kier molecular flexibility index (Phi) is 9.68. The van der Waals surface area contributed by atoms with E-state index in [-0.39, 0.29) is 42.8 Å². The fraction of sp³-hybridized carbons (Fsp3) is 0.222. The van der Waals surface area contributed by atoms with Crippen molar-refractivity contribution in [1.29, 1.82) is 0 Å². The molecule has 2 aromatic carbocycles. The molecule has 2 aromatic rings. The van der Waals surface area contributed by atoms with Gasteiger partial charge in [0.05, 0.1) is 6.42 Å². The number of carbonyl (C=O) groups excluding carboxylic acids is 2. The summed E-state index contributed by atoms with van der Waals surface area (Å²) in [5.41, 5.74) is 1.31.